The lowest BCUT2D eigenvalue weighted by molar-refractivity contribution is -0.127. The first-order chi connectivity index (χ1) is 8.99. The molecule has 0 bridgehead atoms. The van der Waals surface area contributed by atoms with Gasteiger partial charge in [-0.05, 0) is 51.6 Å². The number of likely N-dealkylation sites (tertiary alicyclic amines) is 1. The first-order valence-electron chi connectivity index (χ1n) is 7.74. The lowest BCUT2D eigenvalue weighted by Gasteiger charge is -2.39. The number of nitrogens with two attached hydrogens (primary N) is 1. The van der Waals surface area contributed by atoms with E-state index in [2.05, 4.69) is 31.0 Å². The third-order valence-electron chi connectivity index (χ3n) is 4.49. The number of carbonyl (C=O) groups is 1. The van der Waals surface area contributed by atoms with Gasteiger partial charge in [0.05, 0.1) is 6.04 Å². The first-order valence-corrected chi connectivity index (χ1v) is 7.74. The maximum atomic E-state index is 12.2. The maximum absolute atomic E-state index is 12.2. The van der Waals surface area contributed by atoms with Crippen molar-refractivity contribution in [2.24, 2.45) is 17.6 Å². The highest BCUT2D eigenvalue weighted by Crippen LogP contribution is 2.23. The SMILES string of the molecule is CCCC(C)NC(=O)C(C)N1CCC(C)C(CN)C1. The van der Waals surface area contributed by atoms with E-state index in [1.165, 1.54) is 0 Å². The first kappa shape index (κ1) is 16.4. The highest BCUT2D eigenvalue weighted by Gasteiger charge is 2.30. The summed E-state index contributed by atoms with van der Waals surface area (Å²) in [5.74, 6) is 1.36. The number of piperidine rings is 1. The fraction of sp³-hybridized carbons (Fsp3) is 0.933. The third kappa shape index (κ3) is 4.77. The molecule has 1 amide bonds. The van der Waals surface area contributed by atoms with Crippen molar-refractivity contribution < 1.29 is 4.79 Å². The van der Waals surface area contributed by atoms with Crippen LogP contribution in [0.3, 0.4) is 0 Å². The van der Waals surface area contributed by atoms with Crippen molar-refractivity contribution in [3.63, 3.8) is 0 Å². The van der Waals surface area contributed by atoms with Crippen molar-refractivity contribution in [1.82, 2.24) is 10.2 Å². The summed E-state index contributed by atoms with van der Waals surface area (Å²) in [6.45, 7) is 11.2. The van der Waals surface area contributed by atoms with Crippen LogP contribution in [0.25, 0.3) is 0 Å². The van der Waals surface area contributed by atoms with Gasteiger partial charge in [0, 0.05) is 12.6 Å². The molecule has 1 aliphatic heterocycles. The maximum Gasteiger partial charge on any atom is 0.237 e. The van der Waals surface area contributed by atoms with Crippen LogP contribution < -0.4 is 11.1 Å². The van der Waals surface area contributed by atoms with Crippen molar-refractivity contribution in [3.05, 3.63) is 0 Å². The van der Waals surface area contributed by atoms with Crippen molar-refractivity contribution in [2.45, 2.75) is 59.0 Å². The Kier molecular flexibility index (Phi) is 6.80. The fourth-order valence-corrected chi connectivity index (χ4v) is 2.87. The van der Waals surface area contributed by atoms with Crippen LogP contribution in [0, 0.1) is 11.8 Å². The number of hydrogen-bond donors (Lipinski definition) is 2. The molecular formula is C15H31N3O. The smallest absolute Gasteiger partial charge is 0.237 e. The lowest BCUT2D eigenvalue weighted by Crippen LogP contribution is -2.53. The van der Waals surface area contributed by atoms with Gasteiger partial charge in [0.1, 0.15) is 0 Å². The Morgan fingerprint density at radius 1 is 1.47 bits per heavy atom. The molecule has 4 unspecified atom stereocenters. The zero-order chi connectivity index (χ0) is 14.4. The van der Waals surface area contributed by atoms with Gasteiger partial charge >= 0.3 is 0 Å². The highest BCUT2D eigenvalue weighted by atomic mass is 16.2. The topological polar surface area (TPSA) is 58.4 Å². The average Bonchev–Trinajstić information content (AvgIpc) is 2.38. The molecule has 1 aliphatic rings. The molecular weight excluding hydrogens is 238 g/mol. The van der Waals surface area contributed by atoms with E-state index < -0.39 is 0 Å². The van der Waals surface area contributed by atoms with E-state index in [1.54, 1.807) is 0 Å². The van der Waals surface area contributed by atoms with Gasteiger partial charge in [0.15, 0.2) is 0 Å². The van der Waals surface area contributed by atoms with E-state index in [0.717, 1.165) is 38.9 Å². The molecule has 4 heteroatoms. The van der Waals surface area contributed by atoms with Crippen LogP contribution >= 0.6 is 0 Å². The fourth-order valence-electron chi connectivity index (χ4n) is 2.87. The summed E-state index contributed by atoms with van der Waals surface area (Å²) in [5, 5.41) is 3.11. The summed E-state index contributed by atoms with van der Waals surface area (Å²) < 4.78 is 0. The molecule has 0 radical (unpaired) electrons. The number of nitrogens with zero attached hydrogens (tertiary/aromatic N) is 1. The molecule has 0 aromatic rings. The monoisotopic (exact) mass is 269 g/mol. The van der Waals surface area contributed by atoms with Gasteiger partial charge in [-0.15, -0.1) is 0 Å². The molecule has 0 saturated carbocycles. The Balaban J connectivity index is 2.48. The van der Waals surface area contributed by atoms with Gasteiger partial charge in [-0.3, -0.25) is 9.69 Å². The number of carbonyl (C=O) groups excluding carboxylic acids is 1. The standard InChI is InChI=1S/C15H31N3O/c1-5-6-12(3)17-15(19)13(4)18-8-7-11(2)14(9-16)10-18/h11-14H,5-10,16H2,1-4H3,(H,17,19). The zero-order valence-electron chi connectivity index (χ0n) is 13.0. The molecule has 3 N–H and O–H groups in total. The molecule has 0 aromatic heterocycles. The minimum atomic E-state index is -0.0409. The predicted molar refractivity (Wildman–Crippen MR) is 79.9 cm³/mol. The second-order valence-electron chi connectivity index (χ2n) is 6.13. The molecule has 19 heavy (non-hydrogen) atoms. The van der Waals surface area contributed by atoms with Crippen LogP contribution in [0.15, 0.2) is 0 Å². The average molecular weight is 269 g/mol. The van der Waals surface area contributed by atoms with E-state index in [-0.39, 0.29) is 18.0 Å². The van der Waals surface area contributed by atoms with Crippen molar-refractivity contribution in [1.29, 1.82) is 0 Å². The molecule has 4 nitrogen and oxygen atoms in total. The second kappa shape index (κ2) is 7.85. The Morgan fingerprint density at radius 3 is 2.74 bits per heavy atom. The Labute approximate surface area is 118 Å². The summed E-state index contributed by atoms with van der Waals surface area (Å²) >= 11 is 0. The molecule has 0 spiro atoms. The number of rotatable bonds is 6. The molecule has 112 valence electrons. The molecule has 0 aliphatic carbocycles. The van der Waals surface area contributed by atoms with Crippen LogP contribution in [0.5, 0.6) is 0 Å². The molecule has 1 heterocycles. The van der Waals surface area contributed by atoms with E-state index in [9.17, 15) is 4.79 Å². The molecule has 1 fully saturated rings. The number of amides is 1. The van der Waals surface area contributed by atoms with Gasteiger partial charge in [0.25, 0.3) is 0 Å². The van der Waals surface area contributed by atoms with Gasteiger partial charge in [0.2, 0.25) is 5.91 Å². The summed E-state index contributed by atoms with van der Waals surface area (Å²) in [7, 11) is 0. The van der Waals surface area contributed by atoms with Crippen molar-refractivity contribution in [3.8, 4) is 0 Å². The summed E-state index contributed by atoms with van der Waals surface area (Å²) in [4.78, 5) is 14.5. The quantitative estimate of drug-likeness (QED) is 0.770. The molecule has 0 aromatic carbocycles. The molecule has 1 saturated heterocycles. The normalized spacial score (nSPS) is 27.8. The summed E-state index contributed by atoms with van der Waals surface area (Å²) in [6.07, 6.45) is 3.29. The Bertz CT molecular complexity index is 283. The summed E-state index contributed by atoms with van der Waals surface area (Å²) in [6, 6.07) is 0.231. The Hall–Kier alpha value is -0.610. The van der Waals surface area contributed by atoms with Gasteiger partial charge in [-0.25, -0.2) is 0 Å². The van der Waals surface area contributed by atoms with Gasteiger partial charge in [-0.2, -0.15) is 0 Å². The molecule has 1 rings (SSSR count). The van der Waals surface area contributed by atoms with E-state index in [0.29, 0.717) is 11.8 Å². The second-order valence-corrected chi connectivity index (χ2v) is 6.13. The van der Waals surface area contributed by atoms with Crippen LogP contribution in [-0.2, 0) is 4.79 Å². The van der Waals surface area contributed by atoms with Gasteiger partial charge < -0.3 is 11.1 Å². The lowest BCUT2D eigenvalue weighted by atomic mass is 9.86. The minimum absolute atomic E-state index is 0.0409. The predicted octanol–water partition coefficient (Wildman–Crippen LogP) is 1.60. The van der Waals surface area contributed by atoms with Crippen molar-refractivity contribution in [2.75, 3.05) is 19.6 Å². The summed E-state index contributed by atoms with van der Waals surface area (Å²) in [5.41, 5.74) is 5.83. The van der Waals surface area contributed by atoms with Gasteiger partial charge in [-0.1, -0.05) is 20.3 Å². The van der Waals surface area contributed by atoms with E-state index in [4.69, 9.17) is 5.73 Å². The Morgan fingerprint density at radius 2 is 2.16 bits per heavy atom. The van der Waals surface area contributed by atoms with Crippen LogP contribution in [-0.4, -0.2) is 42.5 Å². The van der Waals surface area contributed by atoms with Crippen LogP contribution in [0.1, 0.15) is 47.0 Å². The van der Waals surface area contributed by atoms with Crippen LogP contribution in [0.4, 0.5) is 0 Å². The minimum Gasteiger partial charge on any atom is -0.352 e. The van der Waals surface area contributed by atoms with Crippen LogP contribution in [0.2, 0.25) is 0 Å². The van der Waals surface area contributed by atoms with E-state index in [1.807, 2.05) is 6.92 Å². The van der Waals surface area contributed by atoms with Crippen molar-refractivity contribution >= 4 is 5.91 Å². The van der Waals surface area contributed by atoms with E-state index >= 15 is 0 Å². The number of nitrogens with one attached hydrogen (secondary N) is 1. The largest absolute Gasteiger partial charge is 0.352 e. The third-order valence-corrected chi connectivity index (χ3v) is 4.49. The highest BCUT2D eigenvalue weighted by molar-refractivity contribution is 5.81. The zero-order valence-corrected chi connectivity index (χ0v) is 13.0. The number of hydrogen-bond acceptors (Lipinski definition) is 3. The molecule has 4 atom stereocenters.